The Morgan fingerprint density at radius 1 is 0.792 bits per heavy atom. The lowest BCUT2D eigenvalue weighted by Crippen LogP contribution is -2.14. The molecule has 0 bridgehead atoms. The Morgan fingerprint density at radius 3 is 2.21 bits per heavy atom. The lowest BCUT2D eigenvalue weighted by molar-refractivity contribution is 0.568. The number of unbranched alkanes of at least 4 members (excludes halogenated alkanes) is 8. The monoisotopic (exact) mass is 322 g/mol. The molecular formula is C22H30N2. The van der Waals surface area contributed by atoms with Gasteiger partial charge in [-0.3, -0.25) is 0 Å². The zero-order valence-electron chi connectivity index (χ0n) is 15.0. The third-order valence-corrected chi connectivity index (χ3v) is 4.93. The van der Waals surface area contributed by atoms with Crippen molar-refractivity contribution in [3.63, 3.8) is 0 Å². The highest BCUT2D eigenvalue weighted by molar-refractivity contribution is 6.13. The van der Waals surface area contributed by atoms with Crippen molar-refractivity contribution < 1.29 is 0 Å². The molecule has 0 spiro atoms. The molecule has 0 aliphatic carbocycles. The number of nitrogens with one attached hydrogen (secondary N) is 1. The van der Waals surface area contributed by atoms with E-state index in [9.17, 15) is 0 Å². The van der Waals surface area contributed by atoms with E-state index in [1.807, 2.05) is 0 Å². The fraction of sp³-hybridized carbons (Fsp3) is 0.500. The predicted octanol–water partition coefficient (Wildman–Crippen LogP) is 7.22. The standard InChI is InChI=1S/C22H30N2/c1-2-3-4-5-6-7-8-9-10-17-21-23-19-15-11-13-18-14-12-16-20(24-21)22(18)19/h11-16H,2-10,17H2,1H3,(H,23,24). The highest BCUT2D eigenvalue weighted by Gasteiger charge is 2.13. The molecule has 0 unspecified atom stereocenters. The van der Waals surface area contributed by atoms with E-state index in [4.69, 9.17) is 4.99 Å². The fourth-order valence-corrected chi connectivity index (χ4v) is 3.57. The molecule has 0 atom stereocenters. The summed E-state index contributed by atoms with van der Waals surface area (Å²) in [5, 5.41) is 6.06. The van der Waals surface area contributed by atoms with Gasteiger partial charge in [0.2, 0.25) is 0 Å². The van der Waals surface area contributed by atoms with Gasteiger partial charge in [-0.2, -0.15) is 0 Å². The van der Waals surface area contributed by atoms with Gasteiger partial charge >= 0.3 is 0 Å². The molecule has 24 heavy (non-hydrogen) atoms. The third-order valence-electron chi connectivity index (χ3n) is 4.93. The molecule has 0 aromatic heterocycles. The van der Waals surface area contributed by atoms with E-state index in [-0.39, 0.29) is 0 Å². The Kier molecular flexibility index (Phi) is 6.28. The molecule has 1 aliphatic rings. The van der Waals surface area contributed by atoms with Crippen LogP contribution in [0.25, 0.3) is 10.8 Å². The van der Waals surface area contributed by atoms with Gasteiger partial charge in [0.15, 0.2) is 0 Å². The number of hydrogen-bond acceptors (Lipinski definition) is 2. The van der Waals surface area contributed by atoms with E-state index in [0.717, 1.165) is 17.9 Å². The minimum absolute atomic E-state index is 1.06. The van der Waals surface area contributed by atoms with Gasteiger partial charge < -0.3 is 5.32 Å². The van der Waals surface area contributed by atoms with Crippen LogP contribution in [0.2, 0.25) is 0 Å². The van der Waals surface area contributed by atoms with Crippen molar-refractivity contribution in [2.75, 3.05) is 5.32 Å². The summed E-state index contributed by atoms with van der Waals surface area (Å²) in [4.78, 5) is 4.84. The predicted molar refractivity (Wildman–Crippen MR) is 107 cm³/mol. The molecule has 1 N–H and O–H groups in total. The summed E-state index contributed by atoms with van der Waals surface area (Å²) in [5.41, 5.74) is 2.33. The average Bonchev–Trinajstić information content (AvgIpc) is 2.61. The SMILES string of the molecule is CCCCCCCCCCCC1=Nc2cccc3cccc(c23)N1. The van der Waals surface area contributed by atoms with Crippen molar-refractivity contribution in [3.8, 4) is 0 Å². The molecular weight excluding hydrogens is 292 g/mol. The normalized spacial score (nSPS) is 13.0. The van der Waals surface area contributed by atoms with Gasteiger partial charge in [-0.05, 0) is 23.9 Å². The summed E-state index contributed by atoms with van der Waals surface area (Å²) in [5.74, 6) is 1.13. The Hall–Kier alpha value is -1.83. The van der Waals surface area contributed by atoms with Crippen LogP contribution < -0.4 is 5.32 Å². The number of aliphatic imine (C=N–C) groups is 1. The molecule has 2 aromatic carbocycles. The van der Waals surface area contributed by atoms with Crippen LogP contribution in [0.5, 0.6) is 0 Å². The first-order valence-corrected chi connectivity index (χ1v) is 9.75. The fourth-order valence-electron chi connectivity index (χ4n) is 3.57. The van der Waals surface area contributed by atoms with E-state index >= 15 is 0 Å². The molecule has 1 heterocycles. The third kappa shape index (κ3) is 4.37. The van der Waals surface area contributed by atoms with E-state index < -0.39 is 0 Å². The minimum atomic E-state index is 1.06. The number of benzene rings is 2. The Morgan fingerprint density at radius 2 is 1.46 bits per heavy atom. The zero-order valence-corrected chi connectivity index (χ0v) is 15.0. The molecule has 0 fully saturated rings. The highest BCUT2D eigenvalue weighted by atomic mass is 15.0. The topological polar surface area (TPSA) is 24.4 Å². The summed E-state index contributed by atoms with van der Waals surface area (Å²) < 4.78 is 0. The van der Waals surface area contributed by atoms with Crippen molar-refractivity contribution in [1.82, 2.24) is 0 Å². The second-order valence-electron chi connectivity index (χ2n) is 6.94. The van der Waals surface area contributed by atoms with E-state index in [0.29, 0.717) is 0 Å². The van der Waals surface area contributed by atoms with Gasteiger partial charge in [0.1, 0.15) is 5.84 Å². The quantitative estimate of drug-likeness (QED) is 0.459. The van der Waals surface area contributed by atoms with Gasteiger partial charge in [0, 0.05) is 17.5 Å². The first-order chi connectivity index (χ1) is 11.9. The highest BCUT2D eigenvalue weighted by Crippen LogP contribution is 2.35. The smallest absolute Gasteiger partial charge is 0.107 e. The van der Waals surface area contributed by atoms with Crippen molar-refractivity contribution in [2.24, 2.45) is 4.99 Å². The number of anilines is 1. The maximum absolute atomic E-state index is 4.84. The van der Waals surface area contributed by atoms with Crippen molar-refractivity contribution >= 4 is 28.0 Å². The van der Waals surface area contributed by atoms with Gasteiger partial charge in [-0.25, -0.2) is 4.99 Å². The molecule has 2 heteroatoms. The maximum atomic E-state index is 4.84. The van der Waals surface area contributed by atoms with Crippen molar-refractivity contribution in [1.29, 1.82) is 0 Å². The van der Waals surface area contributed by atoms with Crippen LogP contribution in [0.1, 0.15) is 71.1 Å². The number of hydrogen-bond donors (Lipinski definition) is 1. The van der Waals surface area contributed by atoms with Crippen LogP contribution in [0.4, 0.5) is 11.4 Å². The van der Waals surface area contributed by atoms with E-state index in [2.05, 4.69) is 48.6 Å². The maximum Gasteiger partial charge on any atom is 0.107 e. The lowest BCUT2D eigenvalue weighted by Gasteiger charge is -2.18. The van der Waals surface area contributed by atoms with Gasteiger partial charge in [0.25, 0.3) is 0 Å². The van der Waals surface area contributed by atoms with E-state index in [1.54, 1.807) is 0 Å². The molecule has 0 saturated heterocycles. The number of rotatable bonds is 10. The van der Waals surface area contributed by atoms with Gasteiger partial charge in [0.05, 0.1) is 5.69 Å². The first-order valence-electron chi connectivity index (χ1n) is 9.75. The Labute approximate surface area is 146 Å². The molecule has 1 aliphatic heterocycles. The van der Waals surface area contributed by atoms with Crippen LogP contribution >= 0.6 is 0 Å². The van der Waals surface area contributed by atoms with Crippen molar-refractivity contribution in [3.05, 3.63) is 36.4 Å². The molecule has 3 rings (SSSR count). The largest absolute Gasteiger partial charge is 0.343 e. The zero-order chi connectivity index (χ0) is 16.6. The first kappa shape index (κ1) is 17.0. The summed E-state index contributed by atoms with van der Waals surface area (Å²) in [6.45, 7) is 2.28. The molecule has 2 nitrogen and oxygen atoms in total. The van der Waals surface area contributed by atoms with Crippen LogP contribution in [0.3, 0.4) is 0 Å². The molecule has 128 valence electrons. The Balaban J connectivity index is 1.43. The van der Waals surface area contributed by atoms with Gasteiger partial charge in [-0.1, -0.05) is 82.6 Å². The summed E-state index contributed by atoms with van der Waals surface area (Å²) in [6, 6.07) is 12.8. The van der Waals surface area contributed by atoms with E-state index in [1.165, 1.54) is 74.2 Å². The van der Waals surface area contributed by atoms with Crippen LogP contribution in [-0.2, 0) is 0 Å². The molecule has 0 saturated carbocycles. The summed E-state index contributed by atoms with van der Waals surface area (Å²) >= 11 is 0. The number of amidine groups is 1. The van der Waals surface area contributed by atoms with Crippen LogP contribution in [-0.4, -0.2) is 5.84 Å². The molecule has 0 amide bonds. The number of nitrogens with zero attached hydrogens (tertiary/aromatic N) is 1. The van der Waals surface area contributed by atoms with Gasteiger partial charge in [-0.15, -0.1) is 0 Å². The average molecular weight is 322 g/mol. The second-order valence-corrected chi connectivity index (χ2v) is 6.94. The van der Waals surface area contributed by atoms with Crippen LogP contribution in [0, 0.1) is 0 Å². The molecule has 2 aromatic rings. The van der Waals surface area contributed by atoms with Crippen LogP contribution in [0.15, 0.2) is 41.4 Å². The van der Waals surface area contributed by atoms with Crippen molar-refractivity contribution in [2.45, 2.75) is 71.1 Å². The lowest BCUT2D eigenvalue weighted by atomic mass is 10.0. The minimum Gasteiger partial charge on any atom is -0.343 e. The molecule has 0 radical (unpaired) electrons. The summed E-state index contributed by atoms with van der Waals surface area (Å²) in [7, 11) is 0. The second kappa shape index (κ2) is 8.86. The summed E-state index contributed by atoms with van der Waals surface area (Å²) in [6.07, 6.45) is 13.4. The Bertz CT molecular complexity index is 682.